The summed E-state index contributed by atoms with van der Waals surface area (Å²) in [5, 5.41) is 15.3. The van der Waals surface area contributed by atoms with Gasteiger partial charge in [0, 0.05) is 17.8 Å². The smallest absolute Gasteiger partial charge is 0.156 e. The average molecular weight is 452 g/mol. The third-order valence-corrected chi connectivity index (χ3v) is 9.02. The first-order chi connectivity index (χ1) is 15.9. The van der Waals surface area contributed by atoms with E-state index >= 15 is 0 Å². The molecular weight excluding hydrogens is 417 g/mol. The maximum absolute atomic E-state index is 14.2. The molecule has 0 amide bonds. The molecule has 2 fully saturated rings. The lowest BCUT2D eigenvalue weighted by Gasteiger charge is -2.54. The van der Waals surface area contributed by atoms with Crippen LogP contribution in [-0.4, -0.2) is 36.0 Å². The van der Waals surface area contributed by atoms with E-state index in [2.05, 4.69) is 24.2 Å². The first kappa shape index (κ1) is 22.5. The standard InChI is InChI=1S/C28H34FNO3/c1-3-33-30-16-18-4-6-19(7-5-18)24-15-27(2)25(12-13-28(27,32)17-29)23-10-8-20-14-21(31)9-11-22(20)26(23)24/h4-7,14,16,23-25,32H,3,8-13,15,17H2,1-2H3/b30-16+/t23?,24-,25?,27+,28?/m1/s1. The van der Waals surface area contributed by atoms with E-state index < -0.39 is 17.7 Å². The molecule has 33 heavy (non-hydrogen) atoms. The zero-order valence-corrected chi connectivity index (χ0v) is 19.6. The molecule has 4 aliphatic carbocycles. The molecular formula is C28H34FNO3. The van der Waals surface area contributed by atoms with Crippen molar-refractivity contribution in [2.45, 2.75) is 70.3 Å². The van der Waals surface area contributed by atoms with Crippen molar-refractivity contribution in [3.63, 3.8) is 0 Å². The van der Waals surface area contributed by atoms with Crippen LogP contribution in [0.4, 0.5) is 4.39 Å². The van der Waals surface area contributed by atoms with Crippen molar-refractivity contribution in [2.75, 3.05) is 13.3 Å². The van der Waals surface area contributed by atoms with Crippen molar-refractivity contribution in [1.82, 2.24) is 0 Å². The second-order valence-electron chi connectivity index (χ2n) is 10.5. The molecule has 1 aromatic carbocycles. The van der Waals surface area contributed by atoms with Crippen molar-refractivity contribution in [3.8, 4) is 0 Å². The predicted octanol–water partition coefficient (Wildman–Crippen LogP) is 5.66. The second kappa shape index (κ2) is 8.50. The van der Waals surface area contributed by atoms with Gasteiger partial charge in [-0.25, -0.2) is 4.39 Å². The normalized spacial score (nSPS) is 35.8. The number of halogens is 1. The molecule has 176 valence electrons. The van der Waals surface area contributed by atoms with Crippen molar-refractivity contribution in [2.24, 2.45) is 22.4 Å². The van der Waals surface area contributed by atoms with Gasteiger partial charge in [0.25, 0.3) is 0 Å². The van der Waals surface area contributed by atoms with Crippen LogP contribution in [0.5, 0.6) is 0 Å². The number of rotatable bonds is 5. The summed E-state index contributed by atoms with van der Waals surface area (Å²) in [7, 11) is 0. The molecule has 1 N–H and O–H groups in total. The van der Waals surface area contributed by atoms with E-state index in [1.54, 1.807) is 6.21 Å². The van der Waals surface area contributed by atoms with Crippen LogP contribution >= 0.6 is 0 Å². The first-order valence-electron chi connectivity index (χ1n) is 12.4. The van der Waals surface area contributed by atoms with Crippen LogP contribution in [0.2, 0.25) is 0 Å². The number of allylic oxidation sites excluding steroid dienone is 4. The van der Waals surface area contributed by atoms with E-state index in [0.29, 0.717) is 25.4 Å². The summed E-state index contributed by atoms with van der Waals surface area (Å²) < 4.78 is 14.2. The van der Waals surface area contributed by atoms with E-state index in [0.717, 1.165) is 37.7 Å². The van der Waals surface area contributed by atoms with Crippen LogP contribution in [-0.2, 0) is 9.63 Å². The Labute approximate surface area is 195 Å². The van der Waals surface area contributed by atoms with Crippen molar-refractivity contribution in [1.29, 1.82) is 0 Å². The minimum atomic E-state index is -1.26. The number of carbonyl (C=O) groups excluding carboxylic acids is 1. The Morgan fingerprint density at radius 3 is 2.73 bits per heavy atom. The van der Waals surface area contributed by atoms with Gasteiger partial charge in [-0.3, -0.25) is 4.79 Å². The third kappa shape index (κ3) is 3.60. The number of nitrogens with zero attached hydrogens (tertiary/aromatic N) is 1. The summed E-state index contributed by atoms with van der Waals surface area (Å²) in [5.74, 6) is 0.982. The topological polar surface area (TPSA) is 58.9 Å². The largest absolute Gasteiger partial charge is 0.396 e. The molecule has 2 saturated carbocycles. The zero-order chi connectivity index (χ0) is 23.2. The van der Waals surface area contributed by atoms with Gasteiger partial charge in [0.1, 0.15) is 13.3 Å². The molecule has 0 aromatic heterocycles. The summed E-state index contributed by atoms with van der Waals surface area (Å²) in [6.45, 7) is 3.87. The van der Waals surface area contributed by atoms with Crippen LogP contribution in [0.3, 0.4) is 0 Å². The number of hydrogen-bond acceptors (Lipinski definition) is 4. The van der Waals surface area contributed by atoms with Gasteiger partial charge in [-0.2, -0.15) is 0 Å². The van der Waals surface area contributed by atoms with Gasteiger partial charge in [-0.15, -0.1) is 0 Å². The maximum atomic E-state index is 14.2. The molecule has 0 bridgehead atoms. The van der Waals surface area contributed by atoms with E-state index in [9.17, 15) is 14.3 Å². The number of oxime groups is 1. The van der Waals surface area contributed by atoms with E-state index in [4.69, 9.17) is 4.84 Å². The number of hydrogen-bond donors (Lipinski definition) is 1. The van der Waals surface area contributed by atoms with Crippen molar-refractivity contribution >= 4 is 12.0 Å². The fraction of sp³-hybridized carbons (Fsp3) is 0.571. The number of fused-ring (bicyclic) bond motifs is 4. The zero-order valence-electron chi connectivity index (χ0n) is 19.6. The lowest BCUT2D eigenvalue weighted by atomic mass is 9.51. The Bertz CT molecular complexity index is 1030. The van der Waals surface area contributed by atoms with Gasteiger partial charge < -0.3 is 9.94 Å². The quantitative estimate of drug-likeness (QED) is 0.464. The summed E-state index contributed by atoms with van der Waals surface area (Å²) in [4.78, 5) is 17.2. The van der Waals surface area contributed by atoms with E-state index in [1.807, 2.05) is 25.1 Å². The summed E-state index contributed by atoms with van der Waals surface area (Å²) in [6.07, 6.45) is 9.00. The maximum Gasteiger partial charge on any atom is 0.156 e. The van der Waals surface area contributed by atoms with Gasteiger partial charge in [-0.1, -0.05) is 41.9 Å². The molecule has 0 heterocycles. The molecule has 0 aliphatic heterocycles. The second-order valence-corrected chi connectivity index (χ2v) is 10.5. The lowest BCUT2D eigenvalue weighted by Crippen LogP contribution is -2.52. The highest BCUT2D eigenvalue weighted by atomic mass is 19.1. The lowest BCUT2D eigenvalue weighted by molar-refractivity contribution is -0.114. The Balaban J connectivity index is 1.59. The molecule has 1 aromatic rings. The molecule has 3 unspecified atom stereocenters. The molecule has 4 aliphatic rings. The predicted molar refractivity (Wildman–Crippen MR) is 127 cm³/mol. The summed E-state index contributed by atoms with van der Waals surface area (Å²) in [6, 6.07) is 8.38. The Hall–Kier alpha value is -2.27. The molecule has 4 nitrogen and oxygen atoms in total. The number of carbonyl (C=O) groups is 1. The Morgan fingerprint density at radius 1 is 1.21 bits per heavy atom. The molecule has 0 radical (unpaired) electrons. The van der Waals surface area contributed by atoms with Crippen LogP contribution in [0.15, 0.2) is 52.2 Å². The summed E-state index contributed by atoms with van der Waals surface area (Å²) >= 11 is 0. The Morgan fingerprint density at radius 2 is 2.00 bits per heavy atom. The van der Waals surface area contributed by atoms with Crippen molar-refractivity contribution in [3.05, 3.63) is 58.2 Å². The molecule has 5 rings (SSSR count). The highest BCUT2D eigenvalue weighted by molar-refractivity contribution is 5.93. The monoisotopic (exact) mass is 451 g/mol. The highest BCUT2D eigenvalue weighted by Crippen LogP contribution is 2.66. The summed E-state index contributed by atoms with van der Waals surface area (Å²) in [5.41, 5.74) is 4.50. The first-order valence-corrected chi connectivity index (χ1v) is 12.4. The van der Waals surface area contributed by atoms with Gasteiger partial charge in [0.05, 0.1) is 11.8 Å². The van der Waals surface area contributed by atoms with Crippen LogP contribution in [0, 0.1) is 17.3 Å². The van der Waals surface area contributed by atoms with Gasteiger partial charge in [0.15, 0.2) is 5.78 Å². The molecule has 5 heteroatoms. The Kier molecular flexibility index (Phi) is 5.80. The van der Waals surface area contributed by atoms with Gasteiger partial charge in [-0.05, 0) is 85.6 Å². The van der Waals surface area contributed by atoms with E-state index in [-0.39, 0.29) is 17.6 Å². The highest BCUT2D eigenvalue weighted by Gasteiger charge is 2.62. The fourth-order valence-corrected chi connectivity index (χ4v) is 7.26. The minimum Gasteiger partial charge on any atom is -0.396 e. The van der Waals surface area contributed by atoms with Gasteiger partial charge in [0.2, 0.25) is 0 Å². The number of benzene rings is 1. The van der Waals surface area contributed by atoms with Crippen LogP contribution < -0.4 is 0 Å². The van der Waals surface area contributed by atoms with Crippen LogP contribution in [0.25, 0.3) is 0 Å². The third-order valence-electron chi connectivity index (χ3n) is 9.02. The SMILES string of the molecule is CCO/N=C/c1ccc([C@H]2C[C@@]3(C)C(CCC3(O)CF)C3CCC4=CC(=O)CCC4=C32)cc1. The minimum absolute atomic E-state index is 0.122. The molecule has 0 spiro atoms. The molecule has 5 atom stereocenters. The number of aliphatic hydroxyl groups is 1. The van der Waals surface area contributed by atoms with Crippen molar-refractivity contribution < 1.29 is 19.1 Å². The van der Waals surface area contributed by atoms with Gasteiger partial charge >= 0.3 is 0 Å². The number of ketones is 1. The molecule has 0 saturated heterocycles. The fourth-order valence-electron chi connectivity index (χ4n) is 7.26. The van der Waals surface area contributed by atoms with Crippen LogP contribution in [0.1, 0.15) is 75.8 Å². The average Bonchev–Trinajstić information content (AvgIpc) is 3.09. The number of alkyl halides is 1. The van der Waals surface area contributed by atoms with E-state index in [1.165, 1.54) is 22.3 Å².